The second kappa shape index (κ2) is 3.93. The number of hydrogen-bond donors (Lipinski definition) is 1. The van der Waals surface area contributed by atoms with Gasteiger partial charge >= 0.3 is 0 Å². The van der Waals surface area contributed by atoms with E-state index < -0.39 is 0 Å². The van der Waals surface area contributed by atoms with E-state index in [4.69, 9.17) is 5.26 Å². The summed E-state index contributed by atoms with van der Waals surface area (Å²) in [5.74, 6) is 0. The first-order chi connectivity index (χ1) is 6.77. The summed E-state index contributed by atoms with van der Waals surface area (Å²) in [7, 11) is 0. The highest BCUT2D eigenvalue weighted by Gasteiger charge is 2.11. The summed E-state index contributed by atoms with van der Waals surface area (Å²) in [5, 5.41) is 12.9. The fourth-order valence-electron chi connectivity index (χ4n) is 1.39. The van der Waals surface area contributed by atoms with Crippen molar-refractivity contribution < 1.29 is 0 Å². The maximum atomic E-state index is 9.09. The number of rotatable bonds is 1. The van der Waals surface area contributed by atoms with Crippen LogP contribution in [0.1, 0.15) is 11.1 Å². The third kappa shape index (κ3) is 1.46. The lowest BCUT2D eigenvalue weighted by Gasteiger charge is -2.04. The average Bonchev–Trinajstić information content (AvgIpc) is 2.62. The lowest BCUT2D eigenvalue weighted by Crippen LogP contribution is -1.88. The lowest BCUT2D eigenvalue weighted by atomic mass is 10.1. The van der Waals surface area contributed by atoms with E-state index in [0.717, 1.165) is 26.1 Å². The Labute approximate surface area is 99.9 Å². The van der Waals surface area contributed by atoms with Crippen LogP contribution in [0.25, 0.3) is 10.1 Å². The fraction of sp³-hybridized carbons (Fsp3) is 0.100. The van der Waals surface area contributed by atoms with Crippen molar-refractivity contribution in [2.75, 3.05) is 0 Å². The number of nitriles is 1. The van der Waals surface area contributed by atoms with Crippen LogP contribution in [0.2, 0.25) is 0 Å². The SMILES string of the molecule is N#Cc1c(CBr)c(S)cc2ccsc12. The van der Waals surface area contributed by atoms with Crippen molar-refractivity contribution in [2.45, 2.75) is 10.2 Å². The minimum atomic E-state index is 0.669. The zero-order chi connectivity index (χ0) is 10.1. The number of thiophene rings is 1. The van der Waals surface area contributed by atoms with Crippen LogP contribution >= 0.6 is 39.9 Å². The highest BCUT2D eigenvalue weighted by atomic mass is 79.9. The van der Waals surface area contributed by atoms with Crippen molar-refractivity contribution in [3.8, 4) is 6.07 Å². The van der Waals surface area contributed by atoms with E-state index in [2.05, 4.69) is 34.6 Å². The lowest BCUT2D eigenvalue weighted by molar-refractivity contribution is 1.29. The van der Waals surface area contributed by atoms with Gasteiger partial charge in [0.1, 0.15) is 6.07 Å². The van der Waals surface area contributed by atoms with Crippen LogP contribution in [-0.4, -0.2) is 0 Å². The molecular weight excluding hydrogens is 278 g/mol. The van der Waals surface area contributed by atoms with Gasteiger partial charge in [0.25, 0.3) is 0 Å². The molecule has 0 aliphatic rings. The normalized spacial score (nSPS) is 10.4. The van der Waals surface area contributed by atoms with Gasteiger partial charge < -0.3 is 0 Å². The van der Waals surface area contributed by atoms with Gasteiger partial charge in [0.15, 0.2) is 0 Å². The zero-order valence-corrected chi connectivity index (χ0v) is 10.4. The molecule has 0 saturated heterocycles. The summed E-state index contributed by atoms with van der Waals surface area (Å²) < 4.78 is 1.06. The van der Waals surface area contributed by atoms with Gasteiger partial charge in [0, 0.05) is 10.2 Å². The fourth-order valence-corrected chi connectivity index (χ4v) is 3.42. The smallest absolute Gasteiger partial charge is 0.101 e. The highest BCUT2D eigenvalue weighted by Crippen LogP contribution is 2.32. The largest absolute Gasteiger partial charge is 0.192 e. The van der Waals surface area contributed by atoms with Crippen LogP contribution in [0.15, 0.2) is 22.4 Å². The molecule has 2 rings (SSSR count). The maximum absolute atomic E-state index is 9.09. The number of benzene rings is 1. The molecule has 1 aromatic carbocycles. The van der Waals surface area contributed by atoms with Crippen LogP contribution < -0.4 is 0 Å². The zero-order valence-electron chi connectivity index (χ0n) is 7.12. The molecule has 0 amide bonds. The van der Waals surface area contributed by atoms with Crippen LogP contribution in [0, 0.1) is 11.3 Å². The van der Waals surface area contributed by atoms with Crippen molar-refractivity contribution in [2.24, 2.45) is 0 Å². The van der Waals surface area contributed by atoms with Gasteiger partial charge in [-0.15, -0.1) is 24.0 Å². The molecule has 0 aliphatic heterocycles. The molecule has 0 aliphatic carbocycles. The van der Waals surface area contributed by atoms with Crippen molar-refractivity contribution in [1.29, 1.82) is 5.26 Å². The van der Waals surface area contributed by atoms with Crippen LogP contribution in [-0.2, 0) is 5.33 Å². The number of alkyl halides is 1. The molecule has 0 spiro atoms. The van der Waals surface area contributed by atoms with E-state index in [-0.39, 0.29) is 0 Å². The maximum Gasteiger partial charge on any atom is 0.101 e. The molecule has 70 valence electrons. The molecule has 0 atom stereocenters. The van der Waals surface area contributed by atoms with Crippen molar-refractivity contribution in [1.82, 2.24) is 0 Å². The third-order valence-electron chi connectivity index (χ3n) is 2.07. The topological polar surface area (TPSA) is 23.8 Å². The number of fused-ring (bicyclic) bond motifs is 1. The van der Waals surface area contributed by atoms with Crippen LogP contribution in [0.4, 0.5) is 0 Å². The highest BCUT2D eigenvalue weighted by molar-refractivity contribution is 9.08. The van der Waals surface area contributed by atoms with Gasteiger partial charge in [0.2, 0.25) is 0 Å². The molecular formula is C10H6BrNS2. The number of halogens is 1. The monoisotopic (exact) mass is 283 g/mol. The van der Waals surface area contributed by atoms with Gasteiger partial charge in [-0.3, -0.25) is 0 Å². The summed E-state index contributed by atoms with van der Waals surface area (Å²) in [6, 6.07) is 6.27. The molecule has 1 nitrogen and oxygen atoms in total. The van der Waals surface area contributed by atoms with Gasteiger partial charge in [-0.2, -0.15) is 5.26 Å². The average molecular weight is 284 g/mol. The van der Waals surface area contributed by atoms with E-state index in [9.17, 15) is 0 Å². The molecule has 0 bridgehead atoms. The minimum absolute atomic E-state index is 0.669. The molecule has 2 aromatic rings. The van der Waals surface area contributed by atoms with Crippen molar-refractivity contribution in [3.05, 3.63) is 28.6 Å². The van der Waals surface area contributed by atoms with E-state index >= 15 is 0 Å². The van der Waals surface area contributed by atoms with Crippen molar-refractivity contribution in [3.63, 3.8) is 0 Å². The van der Waals surface area contributed by atoms with Crippen LogP contribution in [0.3, 0.4) is 0 Å². The Morgan fingerprint density at radius 3 is 3.00 bits per heavy atom. The summed E-state index contributed by atoms with van der Waals surface area (Å²) >= 11 is 9.35. The second-order valence-corrected chi connectivity index (χ2v) is 4.79. The Kier molecular flexibility index (Phi) is 2.82. The third-order valence-corrected chi connectivity index (χ3v) is 3.98. The first kappa shape index (κ1) is 10.0. The van der Waals surface area contributed by atoms with Gasteiger partial charge in [-0.25, -0.2) is 0 Å². The van der Waals surface area contributed by atoms with E-state index in [0.29, 0.717) is 5.33 Å². The molecule has 0 radical (unpaired) electrons. The summed E-state index contributed by atoms with van der Waals surface area (Å²) in [4.78, 5) is 0.879. The van der Waals surface area contributed by atoms with Crippen molar-refractivity contribution >= 4 is 50.0 Å². The van der Waals surface area contributed by atoms with Crippen LogP contribution in [0.5, 0.6) is 0 Å². The number of thiol groups is 1. The van der Waals surface area contributed by atoms with Gasteiger partial charge in [-0.05, 0) is 28.5 Å². The Morgan fingerprint density at radius 1 is 1.57 bits per heavy atom. The van der Waals surface area contributed by atoms with Gasteiger partial charge in [-0.1, -0.05) is 15.9 Å². The summed E-state index contributed by atoms with van der Waals surface area (Å²) in [6.07, 6.45) is 0. The van der Waals surface area contributed by atoms with Gasteiger partial charge in [0.05, 0.1) is 10.3 Å². The Morgan fingerprint density at radius 2 is 2.36 bits per heavy atom. The molecule has 4 heteroatoms. The molecule has 1 heterocycles. The first-order valence-electron chi connectivity index (χ1n) is 3.96. The Balaban J connectivity index is 2.91. The Hall–Kier alpha value is -0.500. The quantitative estimate of drug-likeness (QED) is 0.622. The predicted octanol–water partition coefficient (Wildman–Crippen LogP) is 3.96. The van der Waals surface area contributed by atoms with E-state index in [1.165, 1.54) is 0 Å². The molecule has 0 fully saturated rings. The second-order valence-electron chi connectivity index (χ2n) is 2.83. The summed E-state index contributed by atoms with van der Waals surface area (Å²) in [6.45, 7) is 0. The number of hydrogen-bond acceptors (Lipinski definition) is 3. The molecule has 0 unspecified atom stereocenters. The molecule has 14 heavy (non-hydrogen) atoms. The molecule has 1 aromatic heterocycles. The minimum Gasteiger partial charge on any atom is -0.192 e. The van der Waals surface area contributed by atoms with E-state index in [1.54, 1.807) is 11.3 Å². The molecule has 0 N–H and O–H groups in total. The predicted molar refractivity (Wildman–Crippen MR) is 66.4 cm³/mol. The Bertz CT molecular complexity index is 525. The number of nitrogens with zero attached hydrogens (tertiary/aromatic N) is 1. The standard InChI is InChI=1S/C10H6BrNS2/c11-4-7-8(5-12)10-6(1-2-14-10)3-9(7)13/h1-3,13H,4H2. The summed E-state index contributed by atoms with van der Waals surface area (Å²) in [5.41, 5.74) is 1.73. The molecule has 0 saturated carbocycles. The van der Waals surface area contributed by atoms with E-state index in [1.807, 2.05) is 17.5 Å². The first-order valence-corrected chi connectivity index (χ1v) is 6.41.